The van der Waals surface area contributed by atoms with E-state index in [2.05, 4.69) is 16.3 Å². The first-order valence-corrected chi connectivity index (χ1v) is 11.0. The van der Waals surface area contributed by atoms with Crippen LogP contribution >= 0.6 is 11.8 Å². The minimum absolute atomic E-state index is 0.0790. The fraction of sp³-hybridized carbons (Fsp3) is 0.789. The number of hydrogen-bond donors (Lipinski definition) is 1. The molecule has 6 nitrogen and oxygen atoms in total. The van der Waals surface area contributed by atoms with Crippen molar-refractivity contribution in [3.63, 3.8) is 0 Å². The topological polar surface area (TPSA) is 69.8 Å². The number of hydrogen-bond acceptors (Lipinski definition) is 6. The third-order valence-corrected chi connectivity index (χ3v) is 6.91. The molecule has 0 aliphatic carbocycles. The van der Waals surface area contributed by atoms with E-state index in [0.717, 1.165) is 38.9 Å². The molecule has 1 aromatic heterocycles. The van der Waals surface area contributed by atoms with Crippen LogP contribution in [-0.4, -0.2) is 77.3 Å². The Bertz CT molecular complexity index is 599. The molecule has 2 aliphatic rings. The van der Waals surface area contributed by atoms with Gasteiger partial charge in [0.15, 0.2) is 5.69 Å². The maximum Gasteiger partial charge on any atom is 0.276 e. The zero-order valence-corrected chi connectivity index (χ0v) is 16.8. The molecular weight excluding hydrogens is 350 g/mol. The average Bonchev–Trinajstić information content (AvgIpc) is 3.10. The Balaban J connectivity index is 1.57. The maximum absolute atomic E-state index is 12.7. The number of aromatic nitrogens is 1. The number of thioether (sulfide) groups is 1. The number of carbonyl (C=O) groups is 1. The van der Waals surface area contributed by atoms with Crippen LogP contribution in [0.3, 0.4) is 0 Å². The highest BCUT2D eigenvalue weighted by Gasteiger charge is 2.45. The highest BCUT2D eigenvalue weighted by molar-refractivity contribution is 7.98. The Hall–Kier alpha value is -1.05. The summed E-state index contributed by atoms with van der Waals surface area (Å²) in [6.07, 6.45) is 6.63. The van der Waals surface area contributed by atoms with Gasteiger partial charge < -0.3 is 19.4 Å². The molecule has 146 valence electrons. The molecule has 0 radical (unpaired) electrons. The zero-order valence-electron chi connectivity index (χ0n) is 15.9. The Morgan fingerprint density at radius 3 is 2.73 bits per heavy atom. The minimum atomic E-state index is -0.0790. The summed E-state index contributed by atoms with van der Waals surface area (Å²) in [6.45, 7) is 6.70. The minimum Gasteiger partial charge on any atom is -0.396 e. The van der Waals surface area contributed by atoms with Crippen LogP contribution in [0.2, 0.25) is 0 Å². The number of piperidine rings is 2. The molecule has 0 saturated carbocycles. The smallest absolute Gasteiger partial charge is 0.276 e. The first-order valence-electron chi connectivity index (χ1n) is 9.63. The lowest BCUT2D eigenvalue weighted by Crippen LogP contribution is -2.54. The van der Waals surface area contributed by atoms with Gasteiger partial charge in [-0.25, -0.2) is 0 Å². The Morgan fingerprint density at radius 2 is 2.12 bits per heavy atom. The lowest BCUT2D eigenvalue weighted by atomic mass is 9.64. The van der Waals surface area contributed by atoms with Crippen molar-refractivity contribution in [2.75, 3.05) is 51.3 Å². The van der Waals surface area contributed by atoms with E-state index in [1.54, 1.807) is 13.0 Å². The van der Waals surface area contributed by atoms with Gasteiger partial charge in [-0.05, 0) is 69.7 Å². The molecule has 1 N–H and O–H groups in total. The number of nitrogens with zero attached hydrogens (tertiary/aromatic N) is 3. The quantitative estimate of drug-likeness (QED) is 0.763. The molecule has 3 heterocycles. The van der Waals surface area contributed by atoms with Crippen molar-refractivity contribution in [3.8, 4) is 0 Å². The molecule has 7 heteroatoms. The van der Waals surface area contributed by atoms with Gasteiger partial charge in [-0.1, -0.05) is 5.16 Å². The number of aliphatic hydroxyl groups is 1. The summed E-state index contributed by atoms with van der Waals surface area (Å²) >= 11 is 1.91. The molecule has 0 bridgehead atoms. The number of aliphatic hydroxyl groups excluding tert-OH is 1. The molecule has 1 aromatic rings. The Kier molecular flexibility index (Phi) is 6.64. The summed E-state index contributed by atoms with van der Waals surface area (Å²) < 4.78 is 5.04. The van der Waals surface area contributed by atoms with Crippen molar-refractivity contribution >= 4 is 17.7 Å². The predicted octanol–water partition coefficient (Wildman–Crippen LogP) is 2.27. The molecule has 1 atom stereocenters. The molecule has 2 saturated heterocycles. The second kappa shape index (κ2) is 8.76. The van der Waals surface area contributed by atoms with Crippen molar-refractivity contribution in [3.05, 3.63) is 17.5 Å². The van der Waals surface area contributed by atoms with Crippen LogP contribution in [0.25, 0.3) is 0 Å². The largest absolute Gasteiger partial charge is 0.396 e. The van der Waals surface area contributed by atoms with Crippen molar-refractivity contribution in [1.82, 2.24) is 15.0 Å². The first kappa shape index (κ1) is 19.7. The van der Waals surface area contributed by atoms with Crippen LogP contribution < -0.4 is 0 Å². The number of amides is 1. The normalized spacial score (nSPS) is 23.5. The Morgan fingerprint density at radius 1 is 1.38 bits per heavy atom. The van der Waals surface area contributed by atoms with Gasteiger partial charge in [0.2, 0.25) is 0 Å². The molecule has 0 unspecified atom stereocenters. The number of aryl methyl sites for hydroxylation is 1. The second-order valence-electron chi connectivity index (χ2n) is 7.75. The first-order chi connectivity index (χ1) is 12.6. The third-order valence-electron chi connectivity index (χ3n) is 6.22. The van der Waals surface area contributed by atoms with Gasteiger partial charge in [0.1, 0.15) is 5.76 Å². The maximum atomic E-state index is 12.7. The molecule has 26 heavy (non-hydrogen) atoms. The lowest BCUT2D eigenvalue weighted by molar-refractivity contribution is -0.0352. The van der Waals surface area contributed by atoms with E-state index >= 15 is 0 Å². The SMILES string of the molecule is CSCCCN1CCC2(CC1)CCN(C(=O)c1cc(C)on1)C[C@H]2CO. The van der Waals surface area contributed by atoms with Crippen LogP contribution in [0.15, 0.2) is 10.6 Å². The molecule has 2 fully saturated rings. The third kappa shape index (κ3) is 4.26. The van der Waals surface area contributed by atoms with Crippen LogP contribution in [0.4, 0.5) is 0 Å². The van der Waals surface area contributed by atoms with Crippen LogP contribution in [0.5, 0.6) is 0 Å². The molecule has 2 aliphatic heterocycles. The highest BCUT2D eigenvalue weighted by atomic mass is 32.2. The molecular formula is C19H31N3O3S. The van der Waals surface area contributed by atoms with E-state index in [4.69, 9.17) is 4.52 Å². The van der Waals surface area contributed by atoms with E-state index in [-0.39, 0.29) is 23.8 Å². The second-order valence-corrected chi connectivity index (χ2v) is 8.74. The molecule has 0 aromatic carbocycles. The lowest BCUT2D eigenvalue weighted by Gasteiger charge is -2.51. The fourth-order valence-corrected chi connectivity index (χ4v) is 4.91. The molecule has 1 spiro atoms. The number of likely N-dealkylation sites (tertiary alicyclic amines) is 2. The summed E-state index contributed by atoms with van der Waals surface area (Å²) in [6, 6.07) is 1.69. The monoisotopic (exact) mass is 381 g/mol. The summed E-state index contributed by atoms with van der Waals surface area (Å²) in [5.41, 5.74) is 0.556. The fourth-order valence-electron chi connectivity index (χ4n) is 4.49. The van der Waals surface area contributed by atoms with Gasteiger partial charge >= 0.3 is 0 Å². The molecule has 3 rings (SSSR count). The van der Waals surface area contributed by atoms with E-state index < -0.39 is 0 Å². The Labute approximate surface area is 160 Å². The van der Waals surface area contributed by atoms with E-state index in [9.17, 15) is 9.90 Å². The van der Waals surface area contributed by atoms with Crippen molar-refractivity contribution in [2.45, 2.75) is 32.6 Å². The van der Waals surface area contributed by atoms with Gasteiger partial charge in [-0.15, -0.1) is 0 Å². The summed E-state index contributed by atoms with van der Waals surface area (Å²) in [7, 11) is 0. The van der Waals surface area contributed by atoms with Gasteiger partial charge in [0.05, 0.1) is 0 Å². The van der Waals surface area contributed by atoms with E-state index in [1.807, 2.05) is 16.7 Å². The van der Waals surface area contributed by atoms with Crippen molar-refractivity contribution < 1.29 is 14.4 Å². The van der Waals surface area contributed by atoms with Crippen molar-refractivity contribution in [1.29, 1.82) is 0 Å². The summed E-state index contributed by atoms with van der Waals surface area (Å²) in [4.78, 5) is 17.1. The van der Waals surface area contributed by atoms with Gasteiger partial charge in [-0.3, -0.25) is 4.79 Å². The highest BCUT2D eigenvalue weighted by Crippen LogP contribution is 2.45. The summed E-state index contributed by atoms with van der Waals surface area (Å²) in [5.74, 6) is 1.94. The number of rotatable bonds is 6. The standard InChI is InChI=1S/C19H31N3O3S/c1-15-12-17(20-25-15)18(24)22-10-6-19(16(13-22)14-23)4-8-21(9-5-19)7-3-11-26-2/h12,16,23H,3-11,13-14H2,1-2H3/t16-/m0/s1. The van der Waals surface area contributed by atoms with Crippen LogP contribution in [0, 0.1) is 18.3 Å². The van der Waals surface area contributed by atoms with Crippen molar-refractivity contribution in [2.24, 2.45) is 11.3 Å². The number of carbonyl (C=O) groups excluding carboxylic acids is 1. The van der Waals surface area contributed by atoms with Crippen LogP contribution in [0.1, 0.15) is 41.9 Å². The van der Waals surface area contributed by atoms with Gasteiger partial charge in [0, 0.05) is 31.7 Å². The van der Waals surface area contributed by atoms with Gasteiger partial charge in [-0.2, -0.15) is 11.8 Å². The predicted molar refractivity (Wildman–Crippen MR) is 103 cm³/mol. The van der Waals surface area contributed by atoms with E-state index in [0.29, 0.717) is 18.0 Å². The average molecular weight is 382 g/mol. The zero-order chi connectivity index (χ0) is 18.6. The van der Waals surface area contributed by atoms with Crippen LogP contribution in [-0.2, 0) is 0 Å². The van der Waals surface area contributed by atoms with Gasteiger partial charge in [0.25, 0.3) is 5.91 Å². The molecule has 1 amide bonds. The summed E-state index contributed by atoms with van der Waals surface area (Å²) in [5, 5.41) is 13.9. The van der Waals surface area contributed by atoms with E-state index in [1.165, 1.54) is 18.7 Å².